The Morgan fingerprint density at radius 2 is 1.64 bits per heavy atom. The van der Waals surface area contributed by atoms with Crippen molar-refractivity contribution in [1.82, 2.24) is 14.6 Å². The molecule has 0 aliphatic carbocycles. The van der Waals surface area contributed by atoms with Gasteiger partial charge in [-0.15, -0.1) is 5.10 Å². The minimum Gasteiger partial charge on any atom is -0.508 e. The summed E-state index contributed by atoms with van der Waals surface area (Å²) < 4.78 is 12.9. The van der Waals surface area contributed by atoms with Gasteiger partial charge in [-0.1, -0.05) is 90.6 Å². The van der Waals surface area contributed by atoms with Crippen LogP contribution in [0.15, 0.2) is 119 Å². The average molecular weight is 599 g/mol. The van der Waals surface area contributed by atoms with E-state index in [2.05, 4.69) is 0 Å². The molecule has 0 amide bonds. The van der Waals surface area contributed by atoms with Crippen LogP contribution >= 0.6 is 11.8 Å². The minimum absolute atomic E-state index is 0.119. The predicted molar refractivity (Wildman–Crippen MR) is 172 cm³/mol. The predicted octanol–water partition coefficient (Wildman–Crippen LogP) is 6.97. The highest BCUT2D eigenvalue weighted by Gasteiger charge is 2.38. The average Bonchev–Trinajstić information content (AvgIpc) is 3.66. The molecule has 6 aromatic rings. The largest absolute Gasteiger partial charge is 0.508 e. The molecule has 0 saturated carbocycles. The number of thioether (sulfide) groups is 1. The molecule has 44 heavy (non-hydrogen) atoms. The number of phenols is 1. The molecule has 2 atom stereocenters. The molecule has 3 heterocycles. The number of hydrogen-bond donors (Lipinski definition) is 1. The number of carbonyl (C=O) groups excluding carboxylic acids is 1. The van der Waals surface area contributed by atoms with Crippen molar-refractivity contribution in [3.63, 3.8) is 0 Å². The second kappa shape index (κ2) is 11.7. The first-order chi connectivity index (χ1) is 21.6. The standard InChI is InChI=1S/C35H26N4O4S/c1-42-29-15-9-8-10-22(29)16-17-25-20-30-36-35(38-39(30)28-21-26(40)18-19-27(25)28)44-32(23-11-4-2-5-12-23)31-34(41)43-33(37-31)24-13-6-3-7-14-24/h2-21,31-32,40H,1H3/b17-16+. The fourth-order valence-corrected chi connectivity index (χ4v) is 6.34. The zero-order valence-corrected chi connectivity index (χ0v) is 24.4. The summed E-state index contributed by atoms with van der Waals surface area (Å²) in [6, 6.07) is 33.2. The number of aliphatic imine (C=N–C) groups is 1. The third-order valence-corrected chi connectivity index (χ3v) is 8.53. The Labute approximate surface area is 257 Å². The molecule has 7 rings (SSSR count). The van der Waals surface area contributed by atoms with Gasteiger partial charge in [-0.2, -0.15) is 0 Å². The highest BCUT2D eigenvalue weighted by atomic mass is 32.2. The van der Waals surface area contributed by atoms with Gasteiger partial charge in [0.1, 0.15) is 11.5 Å². The second-order valence-corrected chi connectivity index (χ2v) is 11.3. The fraction of sp³-hybridized carbons (Fsp3) is 0.0857. The van der Waals surface area contributed by atoms with Gasteiger partial charge in [-0.25, -0.2) is 19.3 Å². The van der Waals surface area contributed by atoms with Gasteiger partial charge < -0.3 is 14.6 Å². The molecule has 4 aromatic carbocycles. The van der Waals surface area contributed by atoms with Crippen LogP contribution in [0.4, 0.5) is 0 Å². The van der Waals surface area contributed by atoms with Gasteiger partial charge in [0.25, 0.3) is 0 Å². The Morgan fingerprint density at radius 3 is 2.43 bits per heavy atom. The number of carbonyl (C=O) groups is 1. The fourth-order valence-electron chi connectivity index (χ4n) is 5.24. The van der Waals surface area contributed by atoms with Crippen molar-refractivity contribution in [1.29, 1.82) is 0 Å². The number of aromatic nitrogens is 3. The Bertz CT molecular complexity index is 2060. The highest BCUT2D eigenvalue weighted by Crippen LogP contribution is 2.40. The van der Waals surface area contributed by atoms with E-state index in [0.29, 0.717) is 22.2 Å². The summed E-state index contributed by atoms with van der Waals surface area (Å²) >= 11 is 1.35. The summed E-state index contributed by atoms with van der Waals surface area (Å²) in [5.41, 5.74) is 4.77. The van der Waals surface area contributed by atoms with Crippen molar-refractivity contribution in [3.05, 3.63) is 131 Å². The molecule has 0 spiro atoms. The van der Waals surface area contributed by atoms with E-state index in [-0.39, 0.29) is 5.75 Å². The van der Waals surface area contributed by atoms with Gasteiger partial charge in [-0.3, -0.25) is 0 Å². The number of ether oxygens (including phenoxy) is 2. The van der Waals surface area contributed by atoms with Crippen molar-refractivity contribution in [2.75, 3.05) is 7.11 Å². The number of benzene rings is 4. The molecule has 216 valence electrons. The molecule has 0 bridgehead atoms. The number of phenolic OH excluding ortho intramolecular Hbond substituents is 1. The van der Waals surface area contributed by atoms with E-state index in [9.17, 15) is 9.90 Å². The Kier molecular flexibility index (Phi) is 7.29. The van der Waals surface area contributed by atoms with Gasteiger partial charge >= 0.3 is 5.97 Å². The first-order valence-electron chi connectivity index (χ1n) is 14.0. The maximum Gasteiger partial charge on any atom is 0.339 e. The number of nitrogens with zero attached hydrogens (tertiary/aromatic N) is 4. The van der Waals surface area contributed by atoms with Gasteiger partial charge in [0.05, 0.1) is 17.9 Å². The number of pyridine rings is 1. The summed E-state index contributed by atoms with van der Waals surface area (Å²) in [4.78, 5) is 22.8. The summed E-state index contributed by atoms with van der Waals surface area (Å²) in [6.07, 6.45) is 3.99. The molecule has 0 radical (unpaired) electrons. The quantitative estimate of drug-likeness (QED) is 0.149. The lowest BCUT2D eigenvalue weighted by atomic mass is 10.1. The smallest absolute Gasteiger partial charge is 0.339 e. The lowest BCUT2D eigenvalue weighted by Gasteiger charge is -2.17. The van der Waals surface area contributed by atoms with Crippen LogP contribution < -0.4 is 4.74 Å². The first-order valence-corrected chi connectivity index (χ1v) is 14.9. The lowest BCUT2D eigenvalue weighted by molar-refractivity contribution is -0.134. The van der Waals surface area contributed by atoms with Crippen molar-refractivity contribution in [3.8, 4) is 11.5 Å². The summed E-state index contributed by atoms with van der Waals surface area (Å²) in [5.74, 6) is 0.766. The lowest BCUT2D eigenvalue weighted by Crippen LogP contribution is -2.22. The van der Waals surface area contributed by atoms with Crippen LogP contribution in [0.2, 0.25) is 0 Å². The number of fused-ring (bicyclic) bond motifs is 3. The van der Waals surface area contributed by atoms with Crippen LogP contribution in [0.3, 0.4) is 0 Å². The third-order valence-electron chi connectivity index (χ3n) is 7.36. The molecule has 1 aliphatic heterocycles. The Hall–Kier alpha value is -5.41. The van der Waals surface area contributed by atoms with Gasteiger partial charge in [0.2, 0.25) is 11.1 Å². The zero-order valence-electron chi connectivity index (χ0n) is 23.6. The minimum atomic E-state index is -0.788. The van der Waals surface area contributed by atoms with Crippen LogP contribution in [-0.4, -0.2) is 44.7 Å². The first kappa shape index (κ1) is 27.4. The monoisotopic (exact) mass is 598 g/mol. The molecule has 1 aliphatic rings. The topological polar surface area (TPSA) is 98.3 Å². The summed E-state index contributed by atoms with van der Waals surface area (Å²) in [5, 5.41) is 16.1. The number of esters is 1. The van der Waals surface area contributed by atoms with E-state index in [1.807, 2.05) is 109 Å². The summed E-state index contributed by atoms with van der Waals surface area (Å²) in [6.45, 7) is 0. The maximum absolute atomic E-state index is 13.2. The molecule has 2 unspecified atom stereocenters. The normalized spacial score (nSPS) is 15.5. The van der Waals surface area contributed by atoms with Crippen LogP contribution in [-0.2, 0) is 9.53 Å². The molecule has 0 fully saturated rings. The van der Waals surface area contributed by atoms with E-state index in [1.165, 1.54) is 11.8 Å². The van der Waals surface area contributed by atoms with Crippen molar-refractivity contribution in [2.24, 2.45) is 4.99 Å². The van der Waals surface area contributed by atoms with Gasteiger partial charge in [0, 0.05) is 22.6 Å². The Balaban J connectivity index is 1.30. The van der Waals surface area contributed by atoms with Crippen molar-refractivity contribution >= 4 is 52.3 Å². The molecule has 1 N–H and O–H groups in total. The second-order valence-electron chi connectivity index (χ2n) is 10.2. The van der Waals surface area contributed by atoms with E-state index < -0.39 is 17.3 Å². The van der Waals surface area contributed by atoms with Crippen LogP contribution in [0.25, 0.3) is 28.7 Å². The molecule has 8 nitrogen and oxygen atoms in total. The van der Waals surface area contributed by atoms with Crippen LogP contribution in [0.1, 0.15) is 27.5 Å². The van der Waals surface area contributed by atoms with Gasteiger partial charge in [0.15, 0.2) is 11.7 Å². The number of rotatable bonds is 8. The Morgan fingerprint density at radius 1 is 0.909 bits per heavy atom. The number of aromatic hydroxyl groups is 1. The SMILES string of the molecule is COc1ccccc1/C=C/c1cc2nc(SC(c3ccccc3)C3N=C(c4ccccc4)OC3=O)nn2c2cc(O)ccc12. The van der Waals surface area contributed by atoms with Crippen LogP contribution in [0, 0.1) is 0 Å². The maximum atomic E-state index is 13.2. The highest BCUT2D eigenvalue weighted by molar-refractivity contribution is 7.99. The van der Waals surface area contributed by atoms with E-state index in [1.54, 1.807) is 23.8 Å². The van der Waals surface area contributed by atoms with Crippen LogP contribution in [0.5, 0.6) is 11.5 Å². The third kappa shape index (κ3) is 5.29. The molecule has 2 aromatic heterocycles. The molecular formula is C35H26N4O4S. The van der Waals surface area contributed by atoms with Crippen molar-refractivity contribution < 1.29 is 19.4 Å². The van der Waals surface area contributed by atoms with Gasteiger partial charge in [-0.05, 0) is 47.5 Å². The molecule has 9 heteroatoms. The number of para-hydroxylation sites is 1. The number of hydrogen-bond acceptors (Lipinski definition) is 8. The molecule has 0 saturated heterocycles. The van der Waals surface area contributed by atoms with E-state index in [0.717, 1.165) is 33.4 Å². The molecular weight excluding hydrogens is 572 g/mol. The zero-order chi connectivity index (χ0) is 30.0. The number of cyclic esters (lactones) is 1. The number of methoxy groups -OCH3 is 1. The van der Waals surface area contributed by atoms with Crippen molar-refractivity contribution in [2.45, 2.75) is 16.4 Å². The summed E-state index contributed by atoms with van der Waals surface area (Å²) in [7, 11) is 1.65. The van der Waals surface area contributed by atoms with E-state index >= 15 is 0 Å². The van der Waals surface area contributed by atoms with E-state index in [4.69, 9.17) is 24.5 Å².